The molecule has 0 aliphatic heterocycles. The third-order valence-electron chi connectivity index (χ3n) is 1.31. The van der Waals surface area contributed by atoms with Gasteiger partial charge in [0.25, 0.3) is 0 Å². The quantitative estimate of drug-likeness (QED) is 0.676. The Bertz CT molecular complexity index is 234. The van der Waals surface area contributed by atoms with Gasteiger partial charge in [0, 0.05) is 7.11 Å². The minimum absolute atomic E-state index is 1.00. The van der Waals surface area contributed by atoms with Crippen molar-refractivity contribution in [2.75, 3.05) is 7.11 Å². The zero-order chi connectivity index (χ0) is 11.4. The van der Waals surface area contributed by atoms with Gasteiger partial charge in [0.1, 0.15) is 0 Å². The summed E-state index contributed by atoms with van der Waals surface area (Å²) in [4.78, 5) is 0. The molecule has 0 saturated heterocycles. The van der Waals surface area contributed by atoms with E-state index < -0.39 is 0 Å². The van der Waals surface area contributed by atoms with Crippen molar-refractivity contribution < 1.29 is 5.11 Å². The predicted molar refractivity (Wildman–Crippen MR) is 65.3 cm³/mol. The molecule has 1 nitrogen and oxygen atoms in total. The van der Waals surface area contributed by atoms with Crippen LogP contribution in [0.3, 0.4) is 0 Å². The first-order valence-corrected chi connectivity index (χ1v) is 4.45. The molecular weight excluding hydrogens is 172 g/mol. The second-order valence-electron chi connectivity index (χ2n) is 2.52. The Labute approximate surface area is 87.4 Å². The Morgan fingerprint density at radius 3 is 1.71 bits per heavy atom. The van der Waals surface area contributed by atoms with Crippen molar-refractivity contribution in [1.29, 1.82) is 0 Å². The average molecular weight is 192 g/mol. The van der Waals surface area contributed by atoms with E-state index in [2.05, 4.69) is 44.3 Å². The van der Waals surface area contributed by atoms with Gasteiger partial charge in [-0.1, -0.05) is 48.6 Å². The van der Waals surface area contributed by atoms with Crippen LogP contribution in [0.1, 0.15) is 18.1 Å². The third-order valence-corrected chi connectivity index (χ3v) is 1.31. The molecule has 0 aliphatic carbocycles. The number of aliphatic hydroxyl groups excluding tert-OH is 1. The van der Waals surface area contributed by atoms with Gasteiger partial charge in [-0.15, -0.1) is 6.58 Å². The molecule has 1 aromatic carbocycles. The number of aliphatic hydroxyl groups is 1. The van der Waals surface area contributed by atoms with Gasteiger partial charge in [-0.25, -0.2) is 0 Å². The predicted octanol–water partition coefficient (Wildman–Crippen LogP) is 3.44. The van der Waals surface area contributed by atoms with E-state index in [1.165, 1.54) is 11.1 Å². The van der Waals surface area contributed by atoms with Gasteiger partial charge in [0.15, 0.2) is 0 Å². The second-order valence-corrected chi connectivity index (χ2v) is 2.52. The molecule has 0 fully saturated rings. The highest BCUT2D eigenvalue weighted by Gasteiger charge is 1.82. The van der Waals surface area contributed by atoms with Gasteiger partial charge < -0.3 is 5.11 Å². The third kappa shape index (κ3) is 8.75. The monoisotopic (exact) mass is 192 g/mol. The van der Waals surface area contributed by atoms with Crippen LogP contribution in [0.25, 0.3) is 6.08 Å². The molecule has 1 heteroatoms. The molecule has 0 spiro atoms. The number of benzene rings is 1. The molecule has 0 aromatic heterocycles. The van der Waals surface area contributed by atoms with Gasteiger partial charge in [-0.2, -0.15) is 0 Å². The highest BCUT2D eigenvalue weighted by Crippen LogP contribution is 2.02. The first-order valence-electron chi connectivity index (χ1n) is 4.45. The van der Waals surface area contributed by atoms with Crippen LogP contribution in [-0.2, 0) is 0 Å². The van der Waals surface area contributed by atoms with E-state index >= 15 is 0 Å². The highest BCUT2D eigenvalue weighted by molar-refractivity contribution is 5.46. The van der Waals surface area contributed by atoms with Crippen molar-refractivity contribution in [3.8, 4) is 0 Å². The minimum atomic E-state index is 1.00. The summed E-state index contributed by atoms with van der Waals surface area (Å²) in [6, 6.07) is 8.28. The van der Waals surface area contributed by atoms with Crippen LogP contribution < -0.4 is 0 Å². The van der Waals surface area contributed by atoms with Crippen molar-refractivity contribution in [2.45, 2.75) is 13.8 Å². The Morgan fingerprint density at radius 1 is 1.07 bits per heavy atom. The van der Waals surface area contributed by atoms with Gasteiger partial charge >= 0.3 is 0 Å². The first kappa shape index (κ1) is 15.1. The van der Waals surface area contributed by atoms with Crippen LogP contribution in [0.15, 0.2) is 43.5 Å². The Morgan fingerprint density at radius 2 is 1.43 bits per heavy atom. The lowest BCUT2D eigenvalue weighted by atomic mass is 10.2. The summed E-state index contributed by atoms with van der Waals surface area (Å²) in [6.45, 7) is 11.0. The molecule has 0 atom stereocenters. The van der Waals surface area contributed by atoms with E-state index in [0.29, 0.717) is 0 Å². The SMILES string of the molecule is C=CC.C=Cc1ccc(C)cc1.CO. The fourth-order valence-electron chi connectivity index (χ4n) is 0.703. The smallest absolute Gasteiger partial charge is 0.0319 e. The summed E-state index contributed by atoms with van der Waals surface area (Å²) < 4.78 is 0. The fraction of sp³-hybridized carbons (Fsp3) is 0.231. The normalized spacial score (nSPS) is 7.14. The van der Waals surface area contributed by atoms with Crippen LogP contribution in [0.5, 0.6) is 0 Å². The highest BCUT2D eigenvalue weighted by atomic mass is 16.2. The molecule has 0 heterocycles. The molecule has 1 N–H and O–H groups in total. The first-order chi connectivity index (χ1) is 6.74. The van der Waals surface area contributed by atoms with Crippen molar-refractivity contribution in [2.24, 2.45) is 0 Å². The molecule has 0 aliphatic rings. The lowest BCUT2D eigenvalue weighted by Gasteiger charge is -1.91. The summed E-state index contributed by atoms with van der Waals surface area (Å²) in [5.41, 5.74) is 2.47. The lowest BCUT2D eigenvalue weighted by Crippen LogP contribution is -1.71. The van der Waals surface area contributed by atoms with Crippen molar-refractivity contribution in [3.63, 3.8) is 0 Å². The van der Waals surface area contributed by atoms with Gasteiger partial charge in [-0.05, 0) is 19.4 Å². The Hall–Kier alpha value is -1.34. The van der Waals surface area contributed by atoms with Crippen molar-refractivity contribution >= 4 is 6.08 Å². The molecule has 0 saturated carbocycles. The topological polar surface area (TPSA) is 20.2 Å². The Balaban J connectivity index is 0. The minimum Gasteiger partial charge on any atom is -0.400 e. The lowest BCUT2D eigenvalue weighted by molar-refractivity contribution is 0.399. The standard InChI is InChI=1S/C9H10.C3H6.CH4O/c1-3-9-6-4-8(2)5-7-9;1-3-2;1-2/h3-7H,1H2,2H3;3H,1H2,2H3;2H,1H3. The van der Waals surface area contributed by atoms with Crippen LogP contribution >= 0.6 is 0 Å². The van der Waals surface area contributed by atoms with E-state index in [1.54, 1.807) is 6.08 Å². The van der Waals surface area contributed by atoms with Crippen LogP contribution in [0.2, 0.25) is 0 Å². The molecule has 0 bridgehead atoms. The van der Waals surface area contributed by atoms with Crippen LogP contribution in [0.4, 0.5) is 0 Å². The van der Waals surface area contributed by atoms with Crippen LogP contribution in [-0.4, -0.2) is 12.2 Å². The zero-order valence-electron chi connectivity index (χ0n) is 9.33. The molecule has 14 heavy (non-hydrogen) atoms. The van der Waals surface area contributed by atoms with Gasteiger partial charge in [0.2, 0.25) is 0 Å². The molecule has 78 valence electrons. The number of rotatable bonds is 1. The molecular formula is C13H20O. The van der Waals surface area contributed by atoms with Gasteiger partial charge in [-0.3, -0.25) is 0 Å². The second kappa shape index (κ2) is 11.7. The van der Waals surface area contributed by atoms with E-state index in [-0.39, 0.29) is 0 Å². The molecule has 0 unspecified atom stereocenters. The molecule has 0 radical (unpaired) electrons. The number of hydrogen-bond donors (Lipinski definition) is 1. The maximum atomic E-state index is 7.00. The molecule has 1 rings (SSSR count). The number of hydrogen-bond acceptors (Lipinski definition) is 1. The maximum Gasteiger partial charge on any atom is 0.0319 e. The summed E-state index contributed by atoms with van der Waals surface area (Å²) in [5.74, 6) is 0. The zero-order valence-corrected chi connectivity index (χ0v) is 9.33. The Kier molecular flexibility index (Phi) is 12.6. The van der Waals surface area contributed by atoms with Gasteiger partial charge in [0.05, 0.1) is 0 Å². The van der Waals surface area contributed by atoms with Crippen molar-refractivity contribution in [3.05, 3.63) is 54.6 Å². The van der Waals surface area contributed by atoms with Crippen LogP contribution in [0, 0.1) is 6.92 Å². The summed E-state index contributed by atoms with van der Waals surface area (Å²) in [6.07, 6.45) is 3.60. The van der Waals surface area contributed by atoms with E-state index in [0.717, 1.165) is 7.11 Å². The molecule has 0 amide bonds. The van der Waals surface area contributed by atoms with E-state index in [4.69, 9.17) is 5.11 Å². The maximum absolute atomic E-state index is 7.00. The summed E-state index contributed by atoms with van der Waals surface area (Å²) in [5, 5.41) is 7.00. The van der Waals surface area contributed by atoms with E-state index in [9.17, 15) is 0 Å². The summed E-state index contributed by atoms with van der Waals surface area (Å²) in [7, 11) is 1.00. The average Bonchev–Trinajstić information content (AvgIpc) is 2.23. The fourth-order valence-corrected chi connectivity index (χ4v) is 0.703. The summed E-state index contributed by atoms with van der Waals surface area (Å²) >= 11 is 0. The largest absolute Gasteiger partial charge is 0.400 e. The number of allylic oxidation sites excluding steroid dienone is 1. The molecule has 1 aromatic rings. The van der Waals surface area contributed by atoms with Crippen molar-refractivity contribution in [1.82, 2.24) is 0 Å². The number of aryl methyl sites for hydroxylation is 1. The van der Waals surface area contributed by atoms with E-state index in [1.807, 2.05) is 13.0 Å².